The average Bonchev–Trinajstić information content (AvgIpc) is 2.75. The number of hydrogen-bond donors (Lipinski definition) is 1. The highest BCUT2D eigenvalue weighted by Gasteiger charge is 2.23. The zero-order chi connectivity index (χ0) is 11.6. The molecule has 0 saturated heterocycles. The van der Waals surface area contributed by atoms with Crippen LogP contribution in [0, 0.1) is 0 Å². The highest BCUT2D eigenvalue weighted by Crippen LogP contribution is 2.33. The number of rotatable bonds is 4. The van der Waals surface area contributed by atoms with Crippen molar-refractivity contribution in [3.05, 3.63) is 21.9 Å². The normalized spacial score (nSPS) is 20.8. The van der Waals surface area contributed by atoms with E-state index in [1.54, 1.807) is 12.0 Å². The molecule has 0 amide bonds. The van der Waals surface area contributed by atoms with Crippen molar-refractivity contribution in [1.29, 1.82) is 0 Å². The third kappa shape index (κ3) is 2.65. The molecular weight excluding hydrogens is 218 g/mol. The maximum Gasteiger partial charge on any atom is 0.0746 e. The smallest absolute Gasteiger partial charge is 0.0746 e. The van der Waals surface area contributed by atoms with E-state index in [9.17, 15) is 0 Å². The molecule has 0 spiro atoms. The molecule has 0 radical (unpaired) electrons. The van der Waals surface area contributed by atoms with Crippen LogP contribution in [-0.2, 0) is 11.2 Å². The van der Waals surface area contributed by atoms with Gasteiger partial charge in [0.25, 0.3) is 0 Å². The lowest BCUT2D eigenvalue weighted by atomic mass is 9.93. The summed E-state index contributed by atoms with van der Waals surface area (Å²) in [5.41, 5.74) is 1.44. The zero-order valence-electron chi connectivity index (χ0n) is 10.4. The minimum absolute atomic E-state index is 0.0758. The number of methoxy groups -OCH3 is 1. The molecule has 1 atom stereocenters. The summed E-state index contributed by atoms with van der Waals surface area (Å²) in [7, 11) is 1.78. The Labute approximate surface area is 102 Å². The summed E-state index contributed by atoms with van der Waals surface area (Å²) in [6, 6.07) is 2.81. The van der Waals surface area contributed by atoms with Gasteiger partial charge >= 0.3 is 0 Å². The Balaban J connectivity index is 1.98. The van der Waals surface area contributed by atoms with E-state index in [4.69, 9.17) is 4.74 Å². The molecule has 1 aromatic rings. The Kier molecular flexibility index (Phi) is 3.67. The molecule has 0 bridgehead atoms. The number of aryl methyl sites for hydroxylation is 1. The molecule has 3 heteroatoms. The fourth-order valence-electron chi connectivity index (χ4n) is 2.14. The van der Waals surface area contributed by atoms with Crippen LogP contribution < -0.4 is 5.32 Å². The summed E-state index contributed by atoms with van der Waals surface area (Å²) in [6.07, 6.45) is 3.82. The van der Waals surface area contributed by atoms with Gasteiger partial charge in [-0.15, -0.1) is 11.3 Å². The lowest BCUT2D eigenvalue weighted by Gasteiger charge is -2.29. The topological polar surface area (TPSA) is 21.3 Å². The first-order valence-electron chi connectivity index (χ1n) is 5.97. The summed E-state index contributed by atoms with van der Waals surface area (Å²) in [4.78, 5) is 1.57. The molecule has 16 heavy (non-hydrogen) atoms. The van der Waals surface area contributed by atoms with Crippen LogP contribution in [0.25, 0.3) is 0 Å². The number of fused-ring (bicyclic) bond motifs is 1. The van der Waals surface area contributed by atoms with Crippen LogP contribution in [0.2, 0.25) is 0 Å². The maximum absolute atomic E-state index is 5.44. The summed E-state index contributed by atoms with van der Waals surface area (Å²) < 4.78 is 5.44. The fraction of sp³-hybridized carbons (Fsp3) is 0.692. The highest BCUT2D eigenvalue weighted by molar-refractivity contribution is 7.10. The van der Waals surface area contributed by atoms with Crippen LogP contribution in [0.1, 0.15) is 43.2 Å². The SMILES string of the molecule is COC(C)(C)CNC1CCCc2sccc21. The molecule has 1 aromatic heterocycles. The summed E-state index contributed by atoms with van der Waals surface area (Å²) in [6.45, 7) is 5.15. The van der Waals surface area contributed by atoms with Gasteiger partial charge in [0.05, 0.1) is 5.60 Å². The molecule has 1 unspecified atom stereocenters. The van der Waals surface area contributed by atoms with E-state index in [1.807, 2.05) is 11.3 Å². The van der Waals surface area contributed by atoms with Crippen molar-refractivity contribution < 1.29 is 4.74 Å². The van der Waals surface area contributed by atoms with Gasteiger partial charge in [-0.3, -0.25) is 0 Å². The number of hydrogen-bond acceptors (Lipinski definition) is 3. The van der Waals surface area contributed by atoms with Gasteiger partial charge < -0.3 is 10.1 Å². The summed E-state index contributed by atoms with van der Waals surface area (Å²) in [5.74, 6) is 0. The van der Waals surface area contributed by atoms with E-state index in [-0.39, 0.29) is 5.60 Å². The first-order valence-corrected chi connectivity index (χ1v) is 6.85. The fourth-order valence-corrected chi connectivity index (χ4v) is 3.13. The van der Waals surface area contributed by atoms with Crippen molar-refractivity contribution in [2.45, 2.75) is 44.8 Å². The molecule has 0 aromatic carbocycles. The van der Waals surface area contributed by atoms with Crippen LogP contribution in [0.3, 0.4) is 0 Å². The molecule has 1 heterocycles. The van der Waals surface area contributed by atoms with E-state index < -0.39 is 0 Å². The molecule has 1 N–H and O–H groups in total. The van der Waals surface area contributed by atoms with Crippen LogP contribution in [0.15, 0.2) is 11.4 Å². The second-order valence-corrected chi connectivity index (χ2v) is 6.09. The third-order valence-electron chi connectivity index (χ3n) is 3.38. The summed E-state index contributed by atoms with van der Waals surface area (Å²) in [5, 5.41) is 5.85. The van der Waals surface area contributed by atoms with E-state index in [1.165, 1.54) is 24.8 Å². The van der Waals surface area contributed by atoms with Crippen molar-refractivity contribution in [2.24, 2.45) is 0 Å². The van der Waals surface area contributed by atoms with Crippen molar-refractivity contribution >= 4 is 11.3 Å². The quantitative estimate of drug-likeness (QED) is 0.871. The van der Waals surface area contributed by atoms with Crippen molar-refractivity contribution in [2.75, 3.05) is 13.7 Å². The van der Waals surface area contributed by atoms with Crippen molar-refractivity contribution in [1.82, 2.24) is 5.32 Å². The van der Waals surface area contributed by atoms with Crippen LogP contribution in [0.5, 0.6) is 0 Å². The molecule has 2 nitrogen and oxygen atoms in total. The standard InChI is InChI=1S/C13H21NOS/c1-13(2,15-3)9-14-11-5-4-6-12-10(11)7-8-16-12/h7-8,11,14H,4-6,9H2,1-3H3. The van der Waals surface area contributed by atoms with Crippen LogP contribution in [0.4, 0.5) is 0 Å². The molecule has 0 aliphatic heterocycles. The van der Waals surface area contributed by atoms with E-state index in [0.29, 0.717) is 6.04 Å². The predicted molar refractivity (Wildman–Crippen MR) is 69.1 cm³/mol. The van der Waals surface area contributed by atoms with Gasteiger partial charge in [0.1, 0.15) is 0 Å². The number of thiophene rings is 1. The van der Waals surface area contributed by atoms with Crippen molar-refractivity contribution in [3.63, 3.8) is 0 Å². The van der Waals surface area contributed by atoms with Gasteiger partial charge in [0, 0.05) is 24.6 Å². The maximum atomic E-state index is 5.44. The molecule has 1 aliphatic rings. The van der Waals surface area contributed by atoms with Crippen LogP contribution >= 0.6 is 11.3 Å². The lowest BCUT2D eigenvalue weighted by molar-refractivity contribution is 0.0206. The van der Waals surface area contributed by atoms with Crippen LogP contribution in [-0.4, -0.2) is 19.3 Å². The van der Waals surface area contributed by atoms with Gasteiger partial charge in [-0.2, -0.15) is 0 Å². The minimum atomic E-state index is -0.0758. The second-order valence-electron chi connectivity index (χ2n) is 5.09. The van der Waals surface area contributed by atoms with Gasteiger partial charge in [0.2, 0.25) is 0 Å². The Morgan fingerprint density at radius 3 is 3.12 bits per heavy atom. The first-order chi connectivity index (χ1) is 7.62. The molecule has 0 saturated carbocycles. The highest BCUT2D eigenvalue weighted by atomic mass is 32.1. The second kappa shape index (κ2) is 4.86. The van der Waals surface area contributed by atoms with Gasteiger partial charge in [-0.25, -0.2) is 0 Å². The summed E-state index contributed by atoms with van der Waals surface area (Å²) >= 11 is 1.90. The van der Waals surface area contributed by atoms with E-state index in [0.717, 1.165) is 6.54 Å². The molecule has 90 valence electrons. The van der Waals surface area contributed by atoms with Crippen molar-refractivity contribution in [3.8, 4) is 0 Å². The first kappa shape index (κ1) is 12.1. The minimum Gasteiger partial charge on any atom is -0.377 e. The van der Waals surface area contributed by atoms with E-state index in [2.05, 4.69) is 30.6 Å². The Bertz CT molecular complexity index is 345. The lowest BCUT2D eigenvalue weighted by Crippen LogP contribution is -2.39. The predicted octanol–water partition coefficient (Wildman–Crippen LogP) is 3.14. The molecular formula is C13H21NOS. The molecule has 0 fully saturated rings. The molecule has 2 rings (SSSR count). The number of ether oxygens (including phenoxy) is 1. The third-order valence-corrected chi connectivity index (χ3v) is 4.38. The number of nitrogens with one attached hydrogen (secondary N) is 1. The Morgan fingerprint density at radius 1 is 1.56 bits per heavy atom. The largest absolute Gasteiger partial charge is 0.377 e. The Morgan fingerprint density at radius 2 is 2.38 bits per heavy atom. The van der Waals surface area contributed by atoms with E-state index >= 15 is 0 Å². The Hall–Kier alpha value is -0.380. The monoisotopic (exact) mass is 239 g/mol. The average molecular weight is 239 g/mol. The van der Waals surface area contributed by atoms with Gasteiger partial charge in [-0.05, 0) is 50.1 Å². The van der Waals surface area contributed by atoms with Gasteiger partial charge in [-0.1, -0.05) is 0 Å². The molecule has 1 aliphatic carbocycles. The van der Waals surface area contributed by atoms with Gasteiger partial charge in [0.15, 0.2) is 0 Å². The zero-order valence-corrected chi connectivity index (χ0v) is 11.2.